The van der Waals surface area contributed by atoms with E-state index in [9.17, 15) is 9.59 Å². The van der Waals surface area contributed by atoms with Gasteiger partial charge in [0.15, 0.2) is 5.16 Å². The van der Waals surface area contributed by atoms with Gasteiger partial charge in [0.05, 0.1) is 11.1 Å². The van der Waals surface area contributed by atoms with Crippen molar-refractivity contribution < 1.29 is 4.79 Å². The second-order valence-electron chi connectivity index (χ2n) is 7.68. The molecule has 0 saturated heterocycles. The van der Waals surface area contributed by atoms with Crippen molar-refractivity contribution in [3.63, 3.8) is 0 Å². The van der Waals surface area contributed by atoms with E-state index in [1.165, 1.54) is 47.9 Å². The highest BCUT2D eigenvalue weighted by atomic mass is 32.2. The van der Waals surface area contributed by atoms with Crippen LogP contribution in [-0.4, -0.2) is 27.3 Å². The largest absolute Gasteiger partial charge is 0.353 e. The molecular formula is C21H27N3O2S2. The maximum Gasteiger partial charge on any atom is 0.263 e. The van der Waals surface area contributed by atoms with Gasteiger partial charge in [0.2, 0.25) is 5.91 Å². The summed E-state index contributed by atoms with van der Waals surface area (Å²) in [5.74, 6) is 0.318. The van der Waals surface area contributed by atoms with Gasteiger partial charge in [0.1, 0.15) is 4.83 Å². The Balaban J connectivity index is 1.57. The molecule has 1 amide bonds. The zero-order valence-electron chi connectivity index (χ0n) is 16.2. The zero-order chi connectivity index (χ0) is 19.5. The molecule has 1 saturated carbocycles. The standard InChI is InChI=1S/C21H27N3O2S2/c1-2-12-24-20(26)18-15-10-6-7-11-16(15)28-19(18)23-21(24)27-13-17(25)22-14-8-4-3-5-9-14/h2,14H,1,3-13H2,(H,22,25). The third-order valence-corrected chi connectivity index (χ3v) is 7.82. The van der Waals surface area contributed by atoms with Crippen molar-refractivity contribution in [2.24, 2.45) is 0 Å². The Kier molecular flexibility index (Phi) is 6.21. The van der Waals surface area contributed by atoms with Crippen LogP contribution in [0.25, 0.3) is 10.2 Å². The first-order valence-corrected chi connectivity index (χ1v) is 12.1. The van der Waals surface area contributed by atoms with Crippen LogP contribution in [0.3, 0.4) is 0 Å². The third kappa shape index (κ3) is 4.06. The number of aryl methyl sites for hydroxylation is 2. The molecule has 5 nitrogen and oxygen atoms in total. The highest BCUT2D eigenvalue weighted by Crippen LogP contribution is 2.34. The van der Waals surface area contributed by atoms with Crippen LogP contribution >= 0.6 is 23.1 Å². The molecule has 0 radical (unpaired) electrons. The summed E-state index contributed by atoms with van der Waals surface area (Å²) in [7, 11) is 0. The van der Waals surface area contributed by atoms with Gasteiger partial charge < -0.3 is 5.32 Å². The Morgan fingerprint density at radius 1 is 1.25 bits per heavy atom. The molecule has 0 unspecified atom stereocenters. The highest BCUT2D eigenvalue weighted by molar-refractivity contribution is 7.99. The predicted octanol–water partition coefficient (Wildman–Crippen LogP) is 4.06. The van der Waals surface area contributed by atoms with Crippen LogP contribution in [0.4, 0.5) is 0 Å². The van der Waals surface area contributed by atoms with E-state index < -0.39 is 0 Å². The molecular weight excluding hydrogens is 390 g/mol. The van der Waals surface area contributed by atoms with Gasteiger partial charge in [-0.3, -0.25) is 14.2 Å². The third-order valence-electron chi connectivity index (χ3n) is 5.65. The van der Waals surface area contributed by atoms with E-state index in [1.54, 1.807) is 22.0 Å². The number of thioether (sulfide) groups is 1. The van der Waals surface area contributed by atoms with E-state index >= 15 is 0 Å². The SMILES string of the molecule is C=CCn1c(SCC(=O)NC2CCCCC2)nc2sc3c(c2c1=O)CCCC3. The minimum Gasteiger partial charge on any atom is -0.353 e. The van der Waals surface area contributed by atoms with E-state index in [4.69, 9.17) is 4.98 Å². The average molecular weight is 418 g/mol. The summed E-state index contributed by atoms with van der Waals surface area (Å²) in [6.07, 6.45) is 11.9. The van der Waals surface area contributed by atoms with Gasteiger partial charge in [-0.05, 0) is 44.1 Å². The van der Waals surface area contributed by atoms with Crippen molar-refractivity contribution in [1.82, 2.24) is 14.9 Å². The van der Waals surface area contributed by atoms with E-state index in [-0.39, 0.29) is 17.2 Å². The van der Waals surface area contributed by atoms with Gasteiger partial charge in [-0.25, -0.2) is 4.98 Å². The molecule has 2 heterocycles. The van der Waals surface area contributed by atoms with Gasteiger partial charge in [-0.2, -0.15) is 0 Å². The molecule has 2 aromatic heterocycles. The van der Waals surface area contributed by atoms with Gasteiger partial charge in [0, 0.05) is 17.5 Å². The minimum atomic E-state index is 0.0134. The van der Waals surface area contributed by atoms with Crippen molar-refractivity contribution >= 4 is 39.2 Å². The number of fused-ring (bicyclic) bond motifs is 3. The highest BCUT2D eigenvalue weighted by Gasteiger charge is 2.22. The molecule has 150 valence electrons. The molecule has 2 aliphatic rings. The first-order valence-electron chi connectivity index (χ1n) is 10.3. The summed E-state index contributed by atoms with van der Waals surface area (Å²) < 4.78 is 1.68. The maximum absolute atomic E-state index is 13.2. The van der Waals surface area contributed by atoms with E-state index in [2.05, 4.69) is 11.9 Å². The van der Waals surface area contributed by atoms with Gasteiger partial charge >= 0.3 is 0 Å². The van der Waals surface area contributed by atoms with E-state index in [0.717, 1.165) is 42.3 Å². The molecule has 0 atom stereocenters. The maximum atomic E-state index is 13.2. The molecule has 0 spiro atoms. The second-order valence-corrected chi connectivity index (χ2v) is 9.71. The lowest BCUT2D eigenvalue weighted by molar-refractivity contribution is -0.119. The lowest BCUT2D eigenvalue weighted by Gasteiger charge is -2.22. The molecule has 0 bridgehead atoms. The topological polar surface area (TPSA) is 64.0 Å². The van der Waals surface area contributed by atoms with Crippen LogP contribution in [0.15, 0.2) is 22.6 Å². The number of nitrogens with zero attached hydrogens (tertiary/aromatic N) is 2. The number of hydrogen-bond donors (Lipinski definition) is 1. The van der Waals surface area contributed by atoms with Crippen LogP contribution in [0, 0.1) is 0 Å². The molecule has 2 aromatic rings. The first kappa shape index (κ1) is 19.7. The number of thiophene rings is 1. The first-order chi connectivity index (χ1) is 13.7. The summed E-state index contributed by atoms with van der Waals surface area (Å²) >= 11 is 3.01. The van der Waals surface area contributed by atoms with Crippen molar-refractivity contribution in [3.8, 4) is 0 Å². The minimum absolute atomic E-state index is 0.0134. The van der Waals surface area contributed by atoms with Crippen molar-refractivity contribution in [2.45, 2.75) is 75.5 Å². The van der Waals surface area contributed by atoms with Crippen LogP contribution in [-0.2, 0) is 24.2 Å². The van der Waals surface area contributed by atoms with Crippen LogP contribution in [0.5, 0.6) is 0 Å². The quantitative estimate of drug-likeness (QED) is 0.437. The fourth-order valence-corrected chi connectivity index (χ4v) is 6.39. The summed E-state index contributed by atoms with van der Waals surface area (Å²) in [5.41, 5.74) is 1.22. The Hall–Kier alpha value is -1.60. The number of allylic oxidation sites excluding steroid dienone is 1. The Labute approximate surface area is 173 Å². The number of rotatable bonds is 6. The number of hydrogen-bond acceptors (Lipinski definition) is 5. The molecule has 7 heteroatoms. The van der Waals surface area contributed by atoms with Gasteiger partial charge in [-0.15, -0.1) is 17.9 Å². The van der Waals surface area contributed by atoms with Crippen molar-refractivity contribution in [3.05, 3.63) is 33.4 Å². The molecule has 1 N–H and O–H groups in total. The summed E-state index contributed by atoms with van der Waals surface area (Å²) in [5, 5.41) is 4.55. The van der Waals surface area contributed by atoms with Crippen LogP contribution < -0.4 is 10.9 Å². The normalized spacial score (nSPS) is 17.4. The molecule has 0 aliphatic heterocycles. The summed E-state index contributed by atoms with van der Waals surface area (Å²) in [6.45, 7) is 4.21. The average Bonchev–Trinajstić information content (AvgIpc) is 3.08. The lowest BCUT2D eigenvalue weighted by Crippen LogP contribution is -2.37. The predicted molar refractivity (Wildman–Crippen MR) is 116 cm³/mol. The number of aromatic nitrogens is 2. The molecule has 2 aliphatic carbocycles. The molecule has 28 heavy (non-hydrogen) atoms. The number of carbonyl (C=O) groups is 1. The van der Waals surface area contributed by atoms with Gasteiger partial charge in [0.25, 0.3) is 5.56 Å². The molecule has 4 rings (SSSR count). The smallest absolute Gasteiger partial charge is 0.263 e. The Bertz CT molecular complexity index is 941. The zero-order valence-corrected chi connectivity index (χ0v) is 17.8. The lowest BCUT2D eigenvalue weighted by atomic mass is 9.95. The number of amides is 1. The monoisotopic (exact) mass is 417 g/mol. The molecule has 1 fully saturated rings. The number of nitrogens with one attached hydrogen (secondary N) is 1. The van der Waals surface area contributed by atoms with Crippen molar-refractivity contribution in [2.75, 3.05) is 5.75 Å². The Morgan fingerprint density at radius 3 is 2.82 bits per heavy atom. The van der Waals surface area contributed by atoms with Crippen LogP contribution in [0.1, 0.15) is 55.4 Å². The number of carbonyl (C=O) groups excluding carboxylic acids is 1. The fraction of sp³-hybridized carbons (Fsp3) is 0.571. The molecule has 0 aromatic carbocycles. The van der Waals surface area contributed by atoms with E-state index in [0.29, 0.717) is 17.7 Å². The van der Waals surface area contributed by atoms with Crippen molar-refractivity contribution in [1.29, 1.82) is 0 Å². The van der Waals surface area contributed by atoms with Gasteiger partial charge in [-0.1, -0.05) is 37.1 Å². The van der Waals surface area contributed by atoms with E-state index in [1.807, 2.05) is 0 Å². The summed E-state index contributed by atoms with van der Waals surface area (Å²) in [4.78, 5) is 32.5. The van der Waals surface area contributed by atoms with Crippen LogP contribution in [0.2, 0.25) is 0 Å². The Morgan fingerprint density at radius 2 is 2.04 bits per heavy atom. The fourth-order valence-electron chi connectivity index (χ4n) is 4.27. The second kappa shape index (κ2) is 8.82. The summed E-state index contributed by atoms with van der Waals surface area (Å²) in [6, 6.07) is 0.302.